The third kappa shape index (κ3) is 2.91. The van der Waals surface area contributed by atoms with Crippen LogP contribution in [0.2, 0.25) is 0 Å². The maximum Gasteiger partial charge on any atom is 0.126 e. The monoisotopic (exact) mass is 168 g/mol. The predicted molar refractivity (Wildman–Crippen MR) is 46.8 cm³/mol. The molecule has 0 amide bonds. The van der Waals surface area contributed by atoms with E-state index < -0.39 is 0 Å². The topological polar surface area (TPSA) is 9.23 Å². The number of unbranched alkanes of at least 4 members (excludes halogenated alkanes) is 1. The Morgan fingerprint density at radius 1 is 1.42 bits per heavy atom. The van der Waals surface area contributed by atoms with Gasteiger partial charge in [0.1, 0.15) is 11.6 Å². The van der Waals surface area contributed by atoms with Crippen molar-refractivity contribution in [2.45, 2.75) is 19.8 Å². The third-order valence-electron chi connectivity index (χ3n) is 1.56. The second kappa shape index (κ2) is 4.75. The number of ether oxygens (including phenoxy) is 1. The quantitative estimate of drug-likeness (QED) is 0.628. The summed E-state index contributed by atoms with van der Waals surface area (Å²) >= 11 is 0. The van der Waals surface area contributed by atoms with Crippen molar-refractivity contribution >= 4 is 0 Å². The average molecular weight is 168 g/mol. The van der Waals surface area contributed by atoms with Gasteiger partial charge in [-0.25, -0.2) is 4.39 Å². The Bertz CT molecular complexity index is 235. The van der Waals surface area contributed by atoms with E-state index in [1.54, 1.807) is 12.1 Å². The van der Waals surface area contributed by atoms with Crippen LogP contribution in [0, 0.1) is 5.82 Å². The van der Waals surface area contributed by atoms with Gasteiger partial charge in [0.15, 0.2) is 0 Å². The highest BCUT2D eigenvalue weighted by Crippen LogP contribution is 2.11. The highest BCUT2D eigenvalue weighted by atomic mass is 19.1. The molecule has 0 fully saturated rings. The average Bonchev–Trinajstić information content (AvgIpc) is 2.05. The molecule has 0 aliphatic rings. The molecular weight excluding hydrogens is 155 g/mol. The summed E-state index contributed by atoms with van der Waals surface area (Å²) in [6.45, 7) is 2.76. The molecule has 12 heavy (non-hydrogen) atoms. The van der Waals surface area contributed by atoms with Gasteiger partial charge in [-0.15, -0.1) is 0 Å². The zero-order valence-electron chi connectivity index (χ0n) is 7.22. The molecule has 0 aromatic heterocycles. The molecule has 0 aliphatic carbocycles. The van der Waals surface area contributed by atoms with E-state index >= 15 is 0 Å². The molecule has 0 unspecified atom stereocenters. The highest BCUT2D eigenvalue weighted by Gasteiger charge is 1.94. The number of hydrogen-bond acceptors (Lipinski definition) is 1. The van der Waals surface area contributed by atoms with Crippen molar-refractivity contribution in [1.82, 2.24) is 0 Å². The molecule has 0 heterocycles. The van der Waals surface area contributed by atoms with Crippen LogP contribution < -0.4 is 4.74 Å². The molecule has 0 bridgehead atoms. The molecule has 2 heteroatoms. The van der Waals surface area contributed by atoms with Crippen LogP contribution in [0.5, 0.6) is 5.75 Å². The van der Waals surface area contributed by atoms with Crippen LogP contribution in [0.15, 0.2) is 24.3 Å². The fraction of sp³-hybridized carbons (Fsp3) is 0.400. The second-order valence-corrected chi connectivity index (χ2v) is 2.66. The largest absolute Gasteiger partial charge is 0.493 e. The smallest absolute Gasteiger partial charge is 0.126 e. The minimum absolute atomic E-state index is 0.246. The molecule has 0 radical (unpaired) electrons. The summed E-state index contributed by atoms with van der Waals surface area (Å²) in [4.78, 5) is 0. The van der Waals surface area contributed by atoms with Gasteiger partial charge < -0.3 is 4.74 Å². The zero-order valence-corrected chi connectivity index (χ0v) is 7.22. The Morgan fingerprint density at radius 2 is 2.25 bits per heavy atom. The van der Waals surface area contributed by atoms with Gasteiger partial charge in [0.2, 0.25) is 0 Å². The molecule has 0 aliphatic heterocycles. The maximum absolute atomic E-state index is 12.6. The van der Waals surface area contributed by atoms with Gasteiger partial charge >= 0.3 is 0 Å². The lowest BCUT2D eigenvalue weighted by Gasteiger charge is -2.03. The summed E-state index contributed by atoms with van der Waals surface area (Å²) in [5.74, 6) is 0.368. The van der Waals surface area contributed by atoms with Gasteiger partial charge in [0.25, 0.3) is 0 Å². The van der Waals surface area contributed by atoms with E-state index in [9.17, 15) is 4.39 Å². The normalized spacial score (nSPS) is 9.83. The first-order chi connectivity index (χ1) is 5.83. The summed E-state index contributed by atoms with van der Waals surface area (Å²) < 4.78 is 17.9. The van der Waals surface area contributed by atoms with Gasteiger partial charge in [-0.3, -0.25) is 0 Å². The third-order valence-corrected chi connectivity index (χ3v) is 1.56. The van der Waals surface area contributed by atoms with Gasteiger partial charge in [-0.1, -0.05) is 19.4 Å². The molecule has 1 aromatic carbocycles. The van der Waals surface area contributed by atoms with E-state index in [1.165, 1.54) is 12.1 Å². The summed E-state index contributed by atoms with van der Waals surface area (Å²) in [5.41, 5.74) is 0. The summed E-state index contributed by atoms with van der Waals surface area (Å²) in [6, 6.07) is 6.22. The minimum Gasteiger partial charge on any atom is -0.493 e. The predicted octanol–water partition coefficient (Wildman–Crippen LogP) is 3.00. The van der Waals surface area contributed by atoms with Crippen LogP contribution in [-0.4, -0.2) is 6.61 Å². The first-order valence-corrected chi connectivity index (χ1v) is 4.21. The lowest BCUT2D eigenvalue weighted by molar-refractivity contribution is 0.308. The molecule has 0 N–H and O–H groups in total. The zero-order chi connectivity index (χ0) is 8.81. The fourth-order valence-electron chi connectivity index (χ4n) is 0.891. The van der Waals surface area contributed by atoms with Crippen LogP contribution in [0.25, 0.3) is 0 Å². The van der Waals surface area contributed by atoms with Gasteiger partial charge in [0.05, 0.1) is 6.61 Å². The van der Waals surface area contributed by atoms with Crippen molar-refractivity contribution in [1.29, 1.82) is 0 Å². The molecular formula is C10H13FO. The molecule has 1 nitrogen and oxygen atoms in total. The van der Waals surface area contributed by atoms with Gasteiger partial charge in [-0.05, 0) is 18.6 Å². The lowest BCUT2D eigenvalue weighted by atomic mass is 10.3. The standard InChI is InChI=1S/C10H13FO/c1-2-3-7-12-10-6-4-5-9(11)8-10/h4-6,8H,2-3,7H2,1H3. The summed E-state index contributed by atoms with van der Waals surface area (Å²) in [5, 5.41) is 0. The number of benzene rings is 1. The molecule has 66 valence electrons. The Labute approximate surface area is 72.2 Å². The van der Waals surface area contributed by atoms with Crippen molar-refractivity contribution in [3.8, 4) is 5.75 Å². The molecule has 1 aromatic rings. The van der Waals surface area contributed by atoms with Crippen LogP contribution in [0.3, 0.4) is 0 Å². The van der Waals surface area contributed by atoms with E-state index in [0.29, 0.717) is 12.4 Å². The van der Waals surface area contributed by atoms with Crippen LogP contribution >= 0.6 is 0 Å². The van der Waals surface area contributed by atoms with Crippen molar-refractivity contribution in [3.05, 3.63) is 30.1 Å². The first kappa shape index (κ1) is 9.04. The number of hydrogen-bond donors (Lipinski definition) is 0. The number of rotatable bonds is 4. The van der Waals surface area contributed by atoms with E-state index in [2.05, 4.69) is 6.92 Å². The number of halogens is 1. The second-order valence-electron chi connectivity index (χ2n) is 2.66. The highest BCUT2D eigenvalue weighted by molar-refractivity contribution is 5.22. The van der Waals surface area contributed by atoms with Gasteiger partial charge in [0, 0.05) is 6.07 Å². The SMILES string of the molecule is CCCCOc1cccc(F)c1. The molecule has 0 saturated heterocycles. The first-order valence-electron chi connectivity index (χ1n) is 4.21. The minimum atomic E-state index is -0.246. The van der Waals surface area contributed by atoms with E-state index in [-0.39, 0.29) is 5.82 Å². The van der Waals surface area contributed by atoms with Crippen molar-refractivity contribution < 1.29 is 9.13 Å². The van der Waals surface area contributed by atoms with Crippen molar-refractivity contribution in [3.63, 3.8) is 0 Å². The van der Waals surface area contributed by atoms with Crippen molar-refractivity contribution in [2.75, 3.05) is 6.61 Å². The van der Waals surface area contributed by atoms with E-state index in [4.69, 9.17) is 4.74 Å². The Morgan fingerprint density at radius 3 is 2.92 bits per heavy atom. The van der Waals surface area contributed by atoms with Gasteiger partial charge in [-0.2, -0.15) is 0 Å². The maximum atomic E-state index is 12.6. The van der Waals surface area contributed by atoms with Crippen LogP contribution in [-0.2, 0) is 0 Å². The lowest BCUT2D eigenvalue weighted by Crippen LogP contribution is -1.96. The van der Waals surface area contributed by atoms with E-state index in [1.807, 2.05) is 0 Å². The fourth-order valence-corrected chi connectivity index (χ4v) is 0.891. The molecule has 0 spiro atoms. The van der Waals surface area contributed by atoms with Crippen LogP contribution in [0.4, 0.5) is 4.39 Å². The van der Waals surface area contributed by atoms with E-state index in [0.717, 1.165) is 12.8 Å². The van der Waals surface area contributed by atoms with Crippen LogP contribution in [0.1, 0.15) is 19.8 Å². The van der Waals surface area contributed by atoms with Crippen molar-refractivity contribution in [2.24, 2.45) is 0 Å². The Kier molecular flexibility index (Phi) is 3.58. The Balaban J connectivity index is 2.41. The summed E-state index contributed by atoms with van der Waals surface area (Å²) in [7, 11) is 0. The molecule has 0 atom stereocenters. The summed E-state index contributed by atoms with van der Waals surface area (Å²) in [6.07, 6.45) is 2.10. The molecule has 0 saturated carbocycles. The Hall–Kier alpha value is -1.05. The molecule has 1 rings (SSSR count).